The number of nitrogens with one attached hydrogen (secondary N) is 1. The van der Waals surface area contributed by atoms with Crippen molar-refractivity contribution in [3.63, 3.8) is 0 Å². The lowest BCUT2D eigenvalue weighted by molar-refractivity contribution is 0.0932. The molecule has 1 saturated heterocycles. The van der Waals surface area contributed by atoms with Gasteiger partial charge in [-0.2, -0.15) is 0 Å². The van der Waals surface area contributed by atoms with E-state index in [1.807, 2.05) is 19.1 Å². The zero-order valence-electron chi connectivity index (χ0n) is 11.9. The molecule has 0 bridgehead atoms. The molecule has 0 saturated carbocycles. The summed E-state index contributed by atoms with van der Waals surface area (Å²) in [5.41, 5.74) is 1.38. The fraction of sp³-hybridized carbons (Fsp3) is 0.600. The van der Waals surface area contributed by atoms with Crippen LogP contribution in [0.25, 0.3) is 0 Å². The summed E-state index contributed by atoms with van der Waals surface area (Å²) < 4.78 is 0. The minimum atomic E-state index is -0.0682. The van der Waals surface area contributed by atoms with Gasteiger partial charge in [-0.05, 0) is 51.4 Å². The van der Waals surface area contributed by atoms with Gasteiger partial charge in [0.15, 0.2) is 0 Å². The van der Waals surface area contributed by atoms with Crippen LogP contribution < -0.4 is 5.32 Å². The third-order valence-corrected chi connectivity index (χ3v) is 3.75. The summed E-state index contributed by atoms with van der Waals surface area (Å²) in [5.74, 6) is -0.0682. The summed E-state index contributed by atoms with van der Waals surface area (Å²) in [6.07, 6.45) is 3.63. The van der Waals surface area contributed by atoms with E-state index in [0.717, 1.165) is 25.2 Å². The third kappa shape index (κ3) is 3.77. The minimum absolute atomic E-state index is 0.0682. The van der Waals surface area contributed by atoms with Crippen molar-refractivity contribution >= 4 is 5.91 Å². The number of amides is 1. The molecule has 2 rings (SSSR count). The van der Waals surface area contributed by atoms with Crippen LogP contribution in [0, 0.1) is 6.92 Å². The van der Waals surface area contributed by atoms with Crippen molar-refractivity contribution in [2.45, 2.75) is 39.2 Å². The van der Waals surface area contributed by atoms with Gasteiger partial charge in [0, 0.05) is 18.3 Å². The first-order valence-electron chi connectivity index (χ1n) is 7.16. The summed E-state index contributed by atoms with van der Waals surface area (Å²) in [5, 5.41) is 3.01. The molecule has 4 heteroatoms. The molecule has 1 atom stereocenters. The first-order chi connectivity index (χ1) is 9.20. The Labute approximate surface area is 115 Å². The number of carbonyl (C=O) groups excluding carboxylic acids is 1. The van der Waals surface area contributed by atoms with Gasteiger partial charge >= 0.3 is 0 Å². The van der Waals surface area contributed by atoms with Crippen LogP contribution in [0.15, 0.2) is 18.2 Å². The molecule has 1 aliphatic heterocycles. The fourth-order valence-corrected chi connectivity index (χ4v) is 2.61. The predicted molar refractivity (Wildman–Crippen MR) is 76.2 cm³/mol. The van der Waals surface area contributed by atoms with Crippen LogP contribution in [0.5, 0.6) is 0 Å². The molecule has 1 fully saturated rings. The maximum Gasteiger partial charge on any atom is 0.269 e. The zero-order valence-corrected chi connectivity index (χ0v) is 11.9. The second-order valence-corrected chi connectivity index (χ2v) is 5.18. The van der Waals surface area contributed by atoms with E-state index in [0.29, 0.717) is 18.3 Å². The van der Waals surface area contributed by atoms with Gasteiger partial charge in [0.1, 0.15) is 5.69 Å². The molecule has 104 valence electrons. The number of pyridine rings is 1. The molecule has 0 aromatic carbocycles. The van der Waals surface area contributed by atoms with Crippen molar-refractivity contribution in [1.82, 2.24) is 15.2 Å². The molecular formula is C15H23N3O. The SMILES string of the molecule is CC[C@@H](CNC(=O)c1cccc(C)n1)N1CCCC1. The van der Waals surface area contributed by atoms with Crippen molar-refractivity contribution in [2.75, 3.05) is 19.6 Å². The van der Waals surface area contributed by atoms with Gasteiger partial charge in [-0.3, -0.25) is 9.69 Å². The monoisotopic (exact) mass is 261 g/mol. The average molecular weight is 261 g/mol. The van der Waals surface area contributed by atoms with E-state index in [1.54, 1.807) is 6.07 Å². The number of carbonyl (C=O) groups is 1. The first kappa shape index (κ1) is 14.0. The number of hydrogen-bond acceptors (Lipinski definition) is 3. The van der Waals surface area contributed by atoms with Gasteiger partial charge in [0.05, 0.1) is 0 Å². The average Bonchev–Trinajstić information content (AvgIpc) is 2.93. The summed E-state index contributed by atoms with van der Waals surface area (Å²) in [6, 6.07) is 5.99. The highest BCUT2D eigenvalue weighted by Crippen LogP contribution is 2.13. The molecule has 1 aromatic rings. The molecule has 0 aliphatic carbocycles. The fourth-order valence-electron chi connectivity index (χ4n) is 2.61. The van der Waals surface area contributed by atoms with Gasteiger partial charge in [-0.1, -0.05) is 13.0 Å². The van der Waals surface area contributed by atoms with Crippen molar-refractivity contribution in [1.29, 1.82) is 0 Å². The molecule has 1 amide bonds. The van der Waals surface area contributed by atoms with Gasteiger partial charge in [-0.15, -0.1) is 0 Å². The Morgan fingerprint density at radius 3 is 2.79 bits per heavy atom. The standard InChI is InChI=1S/C15H23N3O/c1-3-13(18-9-4-5-10-18)11-16-15(19)14-8-6-7-12(2)17-14/h6-8,13H,3-5,9-11H2,1-2H3,(H,16,19)/t13-/m0/s1. The number of aromatic nitrogens is 1. The Balaban J connectivity index is 1.88. The molecule has 2 heterocycles. The largest absolute Gasteiger partial charge is 0.349 e. The Morgan fingerprint density at radius 2 is 2.16 bits per heavy atom. The highest BCUT2D eigenvalue weighted by Gasteiger charge is 2.21. The number of hydrogen-bond donors (Lipinski definition) is 1. The highest BCUT2D eigenvalue weighted by molar-refractivity contribution is 5.92. The second-order valence-electron chi connectivity index (χ2n) is 5.18. The minimum Gasteiger partial charge on any atom is -0.349 e. The van der Waals surface area contributed by atoms with Crippen molar-refractivity contribution in [3.8, 4) is 0 Å². The smallest absolute Gasteiger partial charge is 0.269 e. The summed E-state index contributed by atoms with van der Waals surface area (Å²) in [6.45, 7) is 7.12. The molecule has 1 aromatic heterocycles. The molecule has 0 spiro atoms. The third-order valence-electron chi connectivity index (χ3n) is 3.75. The van der Waals surface area contributed by atoms with Crippen LogP contribution in [0.4, 0.5) is 0 Å². The summed E-state index contributed by atoms with van der Waals surface area (Å²) in [4.78, 5) is 18.8. The predicted octanol–water partition coefficient (Wildman–Crippen LogP) is 1.99. The lowest BCUT2D eigenvalue weighted by Gasteiger charge is -2.26. The number of rotatable bonds is 5. The second kappa shape index (κ2) is 6.66. The quantitative estimate of drug-likeness (QED) is 0.881. The van der Waals surface area contributed by atoms with Crippen molar-refractivity contribution < 1.29 is 4.79 Å². The van der Waals surface area contributed by atoms with Crippen molar-refractivity contribution in [2.24, 2.45) is 0 Å². The Hall–Kier alpha value is -1.42. The van der Waals surface area contributed by atoms with E-state index in [-0.39, 0.29) is 5.91 Å². The van der Waals surface area contributed by atoms with Gasteiger partial charge in [-0.25, -0.2) is 4.98 Å². The molecule has 1 N–H and O–H groups in total. The van der Waals surface area contributed by atoms with E-state index >= 15 is 0 Å². The van der Waals surface area contributed by atoms with E-state index in [1.165, 1.54) is 12.8 Å². The number of likely N-dealkylation sites (tertiary alicyclic amines) is 1. The summed E-state index contributed by atoms with van der Waals surface area (Å²) >= 11 is 0. The zero-order chi connectivity index (χ0) is 13.7. The highest BCUT2D eigenvalue weighted by atomic mass is 16.1. The lowest BCUT2D eigenvalue weighted by Crippen LogP contribution is -2.42. The van der Waals surface area contributed by atoms with Gasteiger partial charge in [0.2, 0.25) is 0 Å². The van der Waals surface area contributed by atoms with E-state index < -0.39 is 0 Å². The van der Waals surface area contributed by atoms with Crippen LogP contribution in [-0.2, 0) is 0 Å². The number of aryl methyl sites for hydroxylation is 1. The topological polar surface area (TPSA) is 45.2 Å². The molecule has 1 aliphatic rings. The van der Waals surface area contributed by atoms with Crippen molar-refractivity contribution in [3.05, 3.63) is 29.6 Å². The van der Waals surface area contributed by atoms with Gasteiger partial charge < -0.3 is 5.32 Å². The lowest BCUT2D eigenvalue weighted by atomic mass is 10.2. The Bertz CT molecular complexity index is 427. The van der Waals surface area contributed by atoms with Crippen LogP contribution >= 0.6 is 0 Å². The maximum atomic E-state index is 12.0. The molecule has 0 radical (unpaired) electrons. The maximum absolute atomic E-state index is 12.0. The molecule has 0 unspecified atom stereocenters. The van der Waals surface area contributed by atoms with E-state index in [2.05, 4.69) is 22.1 Å². The first-order valence-corrected chi connectivity index (χ1v) is 7.16. The Kier molecular flexibility index (Phi) is 4.91. The van der Waals surface area contributed by atoms with Crippen LogP contribution in [-0.4, -0.2) is 41.5 Å². The van der Waals surface area contributed by atoms with E-state index in [9.17, 15) is 4.79 Å². The van der Waals surface area contributed by atoms with E-state index in [4.69, 9.17) is 0 Å². The molecule has 19 heavy (non-hydrogen) atoms. The van der Waals surface area contributed by atoms with Crippen LogP contribution in [0.2, 0.25) is 0 Å². The van der Waals surface area contributed by atoms with Crippen LogP contribution in [0.1, 0.15) is 42.4 Å². The summed E-state index contributed by atoms with van der Waals surface area (Å²) in [7, 11) is 0. The Morgan fingerprint density at radius 1 is 1.42 bits per heavy atom. The van der Waals surface area contributed by atoms with Gasteiger partial charge in [0.25, 0.3) is 5.91 Å². The molecular weight excluding hydrogens is 238 g/mol. The number of nitrogens with zero attached hydrogens (tertiary/aromatic N) is 2. The van der Waals surface area contributed by atoms with Crippen LogP contribution in [0.3, 0.4) is 0 Å². The molecule has 4 nitrogen and oxygen atoms in total. The normalized spacial score (nSPS) is 17.4.